The molecule has 1 heterocycles. The summed E-state index contributed by atoms with van der Waals surface area (Å²) in [5, 5.41) is 13.1. The zero-order chi connectivity index (χ0) is 17.4. The number of carbonyl (C=O) groups is 2. The maximum absolute atomic E-state index is 12.5. The van der Waals surface area contributed by atoms with E-state index in [2.05, 4.69) is 5.32 Å². The number of anilines is 1. The van der Waals surface area contributed by atoms with Gasteiger partial charge in [-0.2, -0.15) is 0 Å². The Balaban J connectivity index is 1.92. The Hall–Kier alpha value is -2.50. The molecule has 122 valence electrons. The van der Waals surface area contributed by atoms with E-state index in [1.807, 2.05) is 0 Å². The molecule has 1 aromatic heterocycles. The van der Waals surface area contributed by atoms with Crippen LogP contribution in [0.4, 0.5) is 5.69 Å². The number of nitrogens with one attached hydrogen (secondary N) is 1. The Morgan fingerprint density at radius 3 is 2.38 bits per heavy atom. The first kappa shape index (κ1) is 16.4. The standard InChI is InChI=1S/C17H12Cl2N2O3/c1-21-13-7-6-12(18)15(19)11(13)8-14(21)16(22)20-10-4-2-9(3-5-10)17(23)24/h2-8H,1H3,(H,20,22)(H,23,24). The Labute approximate surface area is 147 Å². The fourth-order valence-corrected chi connectivity index (χ4v) is 2.84. The number of carboxylic acids is 1. The molecule has 3 aromatic rings. The van der Waals surface area contributed by atoms with Crippen LogP contribution in [0.5, 0.6) is 0 Å². The van der Waals surface area contributed by atoms with E-state index in [9.17, 15) is 9.59 Å². The lowest BCUT2D eigenvalue weighted by molar-refractivity contribution is 0.0696. The molecule has 1 amide bonds. The topological polar surface area (TPSA) is 71.3 Å². The van der Waals surface area contributed by atoms with Crippen molar-refractivity contribution < 1.29 is 14.7 Å². The predicted octanol–water partition coefficient (Wildman–Crippen LogP) is 4.44. The SMILES string of the molecule is Cn1c(C(=O)Nc2ccc(C(=O)O)cc2)cc2c(Cl)c(Cl)ccc21. The van der Waals surface area contributed by atoms with Crippen LogP contribution >= 0.6 is 23.2 Å². The zero-order valence-electron chi connectivity index (χ0n) is 12.5. The molecule has 0 spiro atoms. The third-order valence-electron chi connectivity index (χ3n) is 3.74. The van der Waals surface area contributed by atoms with Crippen LogP contribution in [0.15, 0.2) is 42.5 Å². The fourth-order valence-electron chi connectivity index (χ4n) is 2.46. The number of rotatable bonds is 3. The molecule has 7 heteroatoms. The molecule has 0 aliphatic carbocycles. The first-order valence-corrected chi connectivity index (χ1v) is 7.72. The van der Waals surface area contributed by atoms with Gasteiger partial charge in [0, 0.05) is 23.6 Å². The second kappa shape index (κ2) is 6.19. The fraction of sp³-hybridized carbons (Fsp3) is 0.0588. The Morgan fingerprint density at radius 2 is 1.75 bits per heavy atom. The summed E-state index contributed by atoms with van der Waals surface area (Å²) < 4.78 is 1.72. The van der Waals surface area contributed by atoms with Crippen LogP contribution in [0.25, 0.3) is 10.9 Å². The van der Waals surface area contributed by atoms with Gasteiger partial charge in [0.05, 0.1) is 15.6 Å². The van der Waals surface area contributed by atoms with Gasteiger partial charge in [0.15, 0.2) is 0 Å². The van der Waals surface area contributed by atoms with E-state index in [1.54, 1.807) is 29.8 Å². The van der Waals surface area contributed by atoms with Crippen molar-refractivity contribution in [3.05, 3.63) is 63.8 Å². The summed E-state index contributed by atoms with van der Waals surface area (Å²) in [5.74, 6) is -1.35. The molecule has 0 aliphatic heterocycles. The number of nitrogens with zero attached hydrogens (tertiary/aromatic N) is 1. The number of carbonyl (C=O) groups excluding carboxylic acids is 1. The van der Waals surface area contributed by atoms with Crippen molar-refractivity contribution in [1.82, 2.24) is 4.57 Å². The minimum atomic E-state index is -1.02. The molecule has 5 nitrogen and oxygen atoms in total. The van der Waals surface area contributed by atoms with E-state index in [4.69, 9.17) is 28.3 Å². The maximum atomic E-state index is 12.5. The van der Waals surface area contributed by atoms with Crippen molar-refractivity contribution in [2.24, 2.45) is 7.05 Å². The highest BCUT2D eigenvalue weighted by Gasteiger charge is 2.16. The van der Waals surface area contributed by atoms with Crippen molar-refractivity contribution in [2.45, 2.75) is 0 Å². The van der Waals surface area contributed by atoms with Gasteiger partial charge < -0.3 is 15.0 Å². The summed E-state index contributed by atoms with van der Waals surface area (Å²) in [5.41, 5.74) is 1.85. The summed E-state index contributed by atoms with van der Waals surface area (Å²) in [6, 6.07) is 11.1. The van der Waals surface area contributed by atoms with Crippen molar-refractivity contribution >= 4 is 51.7 Å². The minimum absolute atomic E-state index is 0.152. The molecule has 0 saturated heterocycles. The smallest absolute Gasteiger partial charge is 0.335 e. The average molecular weight is 363 g/mol. The van der Waals surface area contributed by atoms with E-state index in [1.165, 1.54) is 24.3 Å². The van der Waals surface area contributed by atoms with Crippen molar-refractivity contribution in [2.75, 3.05) is 5.32 Å². The van der Waals surface area contributed by atoms with Gasteiger partial charge in [-0.1, -0.05) is 23.2 Å². The van der Waals surface area contributed by atoms with Crippen molar-refractivity contribution in [3.8, 4) is 0 Å². The highest BCUT2D eigenvalue weighted by Crippen LogP contribution is 2.32. The van der Waals surface area contributed by atoms with E-state index in [-0.39, 0.29) is 11.5 Å². The lowest BCUT2D eigenvalue weighted by Gasteiger charge is -2.07. The molecule has 0 radical (unpaired) electrons. The third-order valence-corrected chi connectivity index (χ3v) is 4.55. The molecule has 0 saturated carbocycles. The number of aromatic carboxylic acids is 1. The molecule has 0 atom stereocenters. The van der Waals surface area contributed by atoms with Crippen LogP contribution in [0.1, 0.15) is 20.8 Å². The summed E-state index contributed by atoms with van der Waals surface area (Å²) >= 11 is 12.2. The van der Waals surface area contributed by atoms with Crippen LogP contribution in [-0.2, 0) is 7.05 Å². The van der Waals surface area contributed by atoms with Gasteiger partial charge >= 0.3 is 5.97 Å². The molecule has 24 heavy (non-hydrogen) atoms. The van der Waals surface area contributed by atoms with E-state index < -0.39 is 5.97 Å². The molecule has 0 bridgehead atoms. The number of aromatic nitrogens is 1. The third kappa shape index (κ3) is 2.84. The number of hydrogen-bond donors (Lipinski definition) is 2. The Bertz CT molecular complexity index is 962. The zero-order valence-corrected chi connectivity index (χ0v) is 14.0. The van der Waals surface area contributed by atoms with Gasteiger partial charge in [0.25, 0.3) is 5.91 Å². The normalized spacial score (nSPS) is 10.8. The number of benzene rings is 2. The number of carboxylic acid groups (broad SMARTS) is 1. The summed E-state index contributed by atoms with van der Waals surface area (Å²) in [4.78, 5) is 23.3. The molecule has 0 fully saturated rings. The second-order valence-electron chi connectivity index (χ2n) is 5.22. The summed E-state index contributed by atoms with van der Waals surface area (Å²) in [6.45, 7) is 0. The summed E-state index contributed by atoms with van der Waals surface area (Å²) in [6.07, 6.45) is 0. The first-order chi connectivity index (χ1) is 11.4. The number of halogens is 2. The molecule has 2 aromatic carbocycles. The Kier molecular flexibility index (Phi) is 4.22. The van der Waals surface area contributed by atoms with Crippen LogP contribution in [0.3, 0.4) is 0 Å². The quantitative estimate of drug-likeness (QED) is 0.723. The molecule has 0 unspecified atom stereocenters. The lowest BCUT2D eigenvalue weighted by Crippen LogP contribution is -2.15. The number of amides is 1. The first-order valence-electron chi connectivity index (χ1n) is 6.96. The van der Waals surface area contributed by atoms with E-state index in [0.717, 1.165) is 5.52 Å². The van der Waals surface area contributed by atoms with E-state index >= 15 is 0 Å². The number of hydrogen-bond acceptors (Lipinski definition) is 2. The van der Waals surface area contributed by atoms with Crippen LogP contribution in [-0.4, -0.2) is 21.6 Å². The van der Waals surface area contributed by atoms with Crippen molar-refractivity contribution in [1.29, 1.82) is 0 Å². The molecule has 0 aliphatic rings. The predicted molar refractivity (Wildman–Crippen MR) is 94.3 cm³/mol. The van der Waals surface area contributed by atoms with Gasteiger partial charge in [0.2, 0.25) is 0 Å². The highest BCUT2D eigenvalue weighted by molar-refractivity contribution is 6.45. The monoisotopic (exact) mass is 362 g/mol. The highest BCUT2D eigenvalue weighted by atomic mass is 35.5. The van der Waals surface area contributed by atoms with Gasteiger partial charge in [0.1, 0.15) is 5.69 Å². The Morgan fingerprint density at radius 1 is 1.08 bits per heavy atom. The molecular formula is C17H12Cl2N2O3. The van der Waals surface area contributed by atoms with Crippen LogP contribution in [0, 0.1) is 0 Å². The molecular weight excluding hydrogens is 351 g/mol. The number of aryl methyl sites for hydroxylation is 1. The largest absolute Gasteiger partial charge is 0.478 e. The average Bonchev–Trinajstić information content (AvgIpc) is 2.89. The molecule has 2 N–H and O–H groups in total. The maximum Gasteiger partial charge on any atom is 0.335 e. The molecule has 3 rings (SSSR count). The summed E-state index contributed by atoms with van der Waals surface area (Å²) in [7, 11) is 1.76. The van der Waals surface area contributed by atoms with Gasteiger partial charge in [-0.05, 0) is 42.5 Å². The van der Waals surface area contributed by atoms with Crippen molar-refractivity contribution in [3.63, 3.8) is 0 Å². The van der Waals surface area contributed by atoms with Gasteiger partial charge in [-0.15, -0.1) is 0 Å². The van der Waals surface area contributed by atoms with Crippen LogP contribution < -0.4 is 5.32 Å². The second-order valence-corrected chi connectivity index (χ2v) is 6.00. The van der Waals surface area contributed by atoms with E-state index in [0.29, 0.717) is 26.8 Å². The van der Waals surface area contributed by atoms with Gasteiger partial charge in [-0.25, -0.2) is 4.79 Å². The minimum Gasteiger partial charge on any atom is -0.478 e. The lowest BCUT2D eigenvalue weighted by atomic mass is 10.2. The van der Waals surface area contributed by atoms with Gasteiger partial charge in [-0.3, -0.25) is 4.79 Å². The van der Waals surface area contributed by atoms with Crippen LogP contribution in [0.2, 0.25) is 10.0 Å². The number of fused-ring (bicyclic) bond motifs is 1.